The number of amidine groups is 1. The van der Waals surface area contributed by atoms with Gasteiger partial charge in [-0.15, -0.1) is 0 Å². The van der Waals surface area contributed by atoms with Crippen LogP contribution in [0.4, 0.5) is 0 Å². The number of nitrogens with one attached hydrogen (secondary N) is 1. The molecule has 2 N–H and O–H groups in total. The highest BCUT2D eigenvalue weighted by molar-refractivity contribution is 6.32. The molecule has 0 saturated carbocycles. The summed E-state index contributed by atoms with van der Waals surface area (Å²) in [7, 11) is 0. The third-order valence-corrected chi connectivity index (χ3v) is 3.27. The van der Waals surface area contributed by atoms with Crippen LogP contribution in [0.1, 0.15) is 18.9 Å². The largest absolute Gasteiger partial charge is 0.506 e. The Morgan fingerprint density at radius 1 is 1.68 bits per heavy atom. The lowest BCUT2D eigenvalue weighted by Gasteiger charge is -2.12. The Morgan fingerprint density at radius 3 is 3.11 bits per heavy atom. The van der Waals surface area contributed by atoms with E-state index >= 15 is 0 Å². The first kappa shape index (κ1) is 13.4. The molecule has 1 aromatic rings. The van der Waals surface area contributed by atoms with Gasteiger partial charge in [0, 0.05) is 11.5 Å². The van der Waals surface area contributed by atoms with Crippen LogP contribution in [-0.2, 0) is 0 Å². The van der Waals surface area contributed by atoms with E-state index in [1.54, 1.807) is 18.2 Å². The molecule has 0 radical (unpaired) electrons. The molecule has 1 aromatic carbocycles. The minimum Gasteiger partial charge on any atom is -0.506 e. The van der Waals surface area contributed by atoms with Crippen molar-refractivity contribution in [2.45, 2.75) is 13.3 Å². The molecular weight excluding hydrogens is 264 g/mol. The first-order valence-electron chi connectivity index (χ1n) is 5.83. The second kappa shape index (κ2) is 5.29. The van der Waals surface area contributed by atoms with E-state index in [9.17, 15) is 5.11 Å². The maximum atomic E-state index is 9.97. The van der Waals surface area contributed by atoms with Crippen LogP contribution in [0.25, 0.3) is 0 Å². The Kier molecular flexibility index (Phi) is 3.72. The average molecular weight is 277 g/mol. The molecule has 1 aliphatic heterocycles. The molecule has 0 amide bonds. The summed E-state index contributed by atoms with van der Waals surface area (Å²) in [5, 5.41) is 32.4. The van der Waals surface area contributed by atoms with E-state index in [2.05, 4.69) is 5.10 Å². The quantitative estimate of drug-likeness (QED) is 0.643. The van der Waals surface area contributed by atoms with E-state index in [4.69, 9.17) is 22.3 Å². The van der Waals surface area contributed by atoms with Gasteiger partial charge < -0.3 is 5.11 Å². The van der Waals surface area contributed by atoms with Gasteiger partial charge in [0.1, 0.15) is 11.6 Å². The number of hydrogen-bond donors (Lipinski definition) is 2. The van der Waals surface area contributed by atoms with Crippen molar-refractivity contribution in [1.29, 1.82) is 10.7 Å². The molecule has 1 unspecified atom stereocenters. The summed E-state index contributed by atoms with van der Waals surface area (Å²) in [6, 6.07) is 7.03. The Balaban J connectivity index is 2.34. The van der Waals surface area contributed by atoms with Gasteiger partial charge in [-0.2, -0.15) is 10.4 Å². The number of benzene rings is 1. The molecule has 5 nitrogen and oxygen atoms in total. The standard InChI is InChI=1S/C13H13ClN4O/c1-8-7-18(11(16)5-6-15)17-12(8)9-3-2-4-10(14)13(9)19/h2-4,8,16,19H,5,7H2,1H3. The highest BCUT2D eigenvalue weighted by atomic mass is 35.5. The number of hydrazone groups is 1. The van der Waals surface area contributed by atoms with E-state index in [1.165, 1.54) is 5.01 Å². The van der Waals surface area contributed by atoms with Crippen LogP contribution in [0.3, 0.4) is 0 Å². The van der Waals surface area contributed by atoms with Crippen molar-refractivity contribution in [2.75, 3.05) is 6.54 Å². The number of phenols is 1. The normalized spacial score (nSPS) is 18.1. The van der Waals surface area contributed by atoms with Crippen molar-refractivity contribution < 1.29 is 5.11 Å². The molecule has 6 heteroatoms. The van der Waals surface area contributed by atoms with E-state index < -0.39 is 0 Å². The second-order valence-electron chi connectivity index (χ2n) is 4.39. The van der Waals surface area contributed by atoms with Gasteiger partial charge in [-0.25, -0.2) is 0 Å². The number of nitriles is 1. The van der Waals surface area contributed by atoms with Crippen molar-refractivity contribution >= 4 is 23.1 Å². The maximum absolute atomic E-state index is 9.97. The number of aromatic hydroxyl groups is 1. The molecule has 0 saturated heterocycles. The lowest BCUT2D eigenvalue weighted by molar-refractivity contribution is 0.447. The van der Waals surface area contributed by atoms with Gasteiger partial charge in [0.05, 0.1) is 29.8 Å². The summed E-state index contributed by atoms with van der Waals surface area (Å²) in [6.07, 6.45) is 0.0189. The lowest BCUT2D eigenvalue weighted by Crippen LogP contribution is -2.24. The van der Waals surface area contributed by atoms with E-state index in [0.29, 0.717) is 17.8 Å². The predicted octanol–water partition coefficient (Wildman–Crippen LogP) is 2.59. The Morgan fingerprint density at radius 2 is 2.42 bits per heavy atom. The lowest BCUT2D eigenvalue weighted by atomic mass is 9.98. The van der Waals surface area contributed by atoms with Crippen molar-refractivity contribution in [3.05, 3.63) is 28.8 Å². The molecule has 0 aromatic heterocycles. The van der Waals surface area contributed by atoms with Crippen molar-refractivity contribution in [3.8, 4) is 11.8 Å². The predicted molar refractivity (Wildman–Crippen MR) is 73.5 cm³/mol. The summed E-state index contributed by atoms with van der Waals surface area (Å²) in [6.45, 7) is 2.49. The molecule has 2 rings (SSSR count). The fourth-order valence-corrected chi connectivity index (χ4v) is 2.17. The highest BCUT2D eigenvalue weighted by Gasteiger charge is 2.28. The summed E-state index contributed by atoms with van der Waals surface area (Å²) in [5.41, 5.74) is 1.26. The maximum Gasteiger partial charge on any atom is 0.143 e. The molecule has 0 bridgehead atoms. The molecule has 0 spiro atoms. The van der Waals surface area contributed by atoms with E-state index in [-0.39, 0.29) is 28.9 Å². The molecule has 0 aliphatic carbocycles. The first-order chi connectivity index (χ1) is 9.04. The Bertz CT molecular complexity index is 591. The smallest absolute Gasteiger partial charge is 0.143 e. The number of phenolic OH excluding ortho intramolecular Hbond substituents is 1. The van der Waals surface area contributed by atoms with Crippen LogP contribution in [0.2, 0.25) is 5.02 Å². The summed E-state index contributed by atoms with van der Waals surface area (Å²) < 4.78 is 0. The zero-order valence-corrected chi connectivity index (χ0v) is 11.1. The summed E-state index contributed by atoms with van der Waals surface area (Å²) in [5.74, 6) is 0.220. The molecule has 19 heavy (non-hydrogen) atoms. The van der Waals surface area contributed by atoms with Gasteiger partial charge in [-0.1, -0.05) is 24.6 Å². The van der Waals surface area contributed by atoms with Crippen LogP contribution in [0.5, 0.6) is 5.75 Å². The summed E-state index contributed by atoms with van der Waals surface area (Å²) in [4.78, 5) is 0. The van der Waals surface area contributed by atoms with Crippen molar-refractivity contribution in [1.82, 2.24) is 5.01 Å². The molecule has 1 atom stereocenters. The number of para-hydroxylation sites is 1. The highest BCUT2D eigenvalue weighted by Crippen LogP contribution is 2.31. The zero-order valence-electron chi connectivity index (χ0n) is 10.4. The van der Waals surface area contributed by atoms with Crippen LogP contribution in [-0.4, -0.2) is 28.2 Å². The molecule has 0 fully saturated rings. The van der Waals surface area contributed by atoms with Crippen LogP contribution in [0.15, 0.2) is 23.3 Å². The second-order valence-corrected chi connectivity index (χ2v) is 4.79. The van der Waals surface area contributed by atoms with Gasteiger partial charge in [-0.3, -0.25) is 10.4 Å². The molecule has 1 aliphatic rings. The number of nitrogens with zero attached hydrogens (tertiary/aromatic N) is 3. The monoisotopic (exact) mass is 276 g/mol. The molecule has 98 valence electrons. The van der Waals surface area contributed by atoms with Gasteiger partial charge >= 0.3 is 0 Å². The SMILES string of the molecule is CC1CN(C(=N)CC#N)N=C1c1cccc(Cl)c1O. The molecular formula is C13H13ClN4O. The van der Waals surface area contributed by atoms with E-state index in [0.717, 1.165) is 0 Å². The number of rotatable bonds is 2. The Labute approximate surface area is 116 Å². The van der Waals surface area contributed by atoms with Crippen molar-refractivity contribution in [3.63, 3.8) is 0 Å². The summed E-state index contributed by atoms with van der Waals surface area (Å²) >= 11 is 5.88. The van der Waals surface area contributed by atoms with E-state index in [1.807, 2.05) is 13.0 Å². The number of halogens is 1. The van der Waals surface area contributed by atoms with Crippen molar-refractivity contribution in [2.24, 2.45) is 11.0 Å². The average Bonchev–Trinajstić information content (AvgIpc) is 2.75. The topological polar surface area (TPSA) is 83.5 Å². The third kappa shape index (κ3) is 2.54. The van der Waals surface area contributed by atoms with Gasteiger partial charge in [0.2, 0.25) is 0 Å². The fraction of sp³-hybridized carbons (Fsp3) is 0.308. The fourth-order valence-electron chi connectivity index (χ4n) is 1.99. The molecule has 1 heterocycles. The van der Waals surface area contributed by atoms with Crippen LogP contribution < -0.4 is 0 Å². The third-order valence-electron chi connectivity index (χ3n) is 2.96. The minimum atomic E-state index is 0.00318. The van der Waals surface area contributed by atoms with Crippen LogP contribution >= 0.6 is 11.6 Å². The van der Waals surface area contributed by atoms with Gasteiger partial charge in [0.15, 0.2) is 0 Å². The van der Waals surface area contributed by atoms with Gasteiger partial charge in [-0.05, 0) is 12.1 Å². The first-order valence-corrected chi connectivity index (χ1v) is 6.20. The Hall–Kier alpha value is -2.06. The van der Waals surface area contributed by atoms with Gasteiger partial charge in [0.25, 0.3) is 0 Å². The number of hydrogen-bond acceptors (Lipinski definition) is 4. The minimum absolute atomic E-state index is 0.00318. The van der Waals surface area contributed by atoms with Crippen LogP contribution in [0, 0.1) is 22.7 Å². The zero-order chi connectivity index (χ0) is 14.0.